The van der Waals surface area contributed by atoms with Gasteiger partial charge in [-0.2, -0.15) is 4.31 Å². The number of ether oxygens (including phenoxy) is 1. The number of aromatic nitrogens is 4. The van der Waals surface area contributed by atoms with E-state index in [-0.39, 0.29) is 35.3 Å². The van der Waals surface area contributed by atoms with Crippen molar-refractivity contribution in [1.82, 2.24) is 24.3 Å². The van der Waals surface area contributed by atoms with Gasteiger partial charge in [0, 0.05) is 30.4 Å². The van der Waals surface area contributed by atoms with E-state index in [4.69, 9.17) is 16.3 Å². The van der Waals surface area contributed by atoms with E-state index in [1.165, 1.54) is 27.9 Å². The largest absolute Gasteiger partial charge is 0.481 e. The molecular formula is C32H32ClN5O5S2. The first-order chi connectivity index (χ1) is 21.5. The second-order valence-electron chi connectivity index (χ2n) is 11.9. The van der Waals surface area contributed by atoms with Crippen molar-refractivity contribution in [2.45, 2.75) is 68.9 Å². The molecule has 4 heterocycles. The zero-order chi connectivity index (χ0) is 31.6. The number of sulfonamides is 1. The Balaban J connectivity index is 1.37. The summed E-state index contributed by atoms with van der Waals surface area (Å²) < 4.78 is 38.3. The zero-order valence-electron chi connectivity index (χ0n) is 25.0. The van der Waals surface area contributed by atoms with Crippen LogP contribution in [-0.4, -0.2) is 56.4 Å². The van der Waals surface area contributed by atoms with Crippen molar-refractivity contribution in [3.05, 3.63) is 74.7 Å². The number of halogens is 1. The molecule has 0 spiro atoms. The van der Waals surface area contributed by atoms with Gasteiger partial charge in [-0.05, 0) is 88.9 Å². The summed E-state index contributed by atoms with van der Waals surface area (Å²) >= 11 is 7.71. The lowest BCUT2D eigenvalue weighted by Gasteiger charge is -2.24. The van der Waals surface area contributed by atoms with Gasteiger partial charge in [0.2, 0.25) is 15.9 Å². The SMILES string of the molecule is CC[C@@H]1CN(Cc2cc([C@H](CC(=O)O)c3cc(C4CC4)c4c(nnn4C)c3C)cc3ccsc23)S(=O)(=O)c2cc(Cl)cnc2O1. The lowest BCUT2D eigenvalue weighted by atomic mass is 9.83. The molecule has 3 aromatic heterocycles. The molecule has 2 aliphatic rings. The van der Waals surface area contributed by atoms with Crippen LogP contribution in [0.1, 0.15) is 72.3 Å². The molecule has 0 radical (unpaired) electrons. The van der Waals surface area contributed by atoms with Crippen LogP contribution < -0.4 is 4.74 Å². The molecule has 0 unspecified atom stereocenters. The minimum Gasteiger partial charge on any atom is -0.481 e. The number of rotatable bonds is 8. The van der Waals surface area contributed by atoms with Gasteiger partial charge in [-0.15, -0.1) is 16.4 Å². The molecule has 2 atom stereocenters. The number of carboxylic acids is 1. The quantitative estimate of drug-likeness (QED) is 0.202. The number of nitrogens with zero attached hydrogens (tertiary/aromatic N) is 5. The van der Waals surface area contributed by atoms with Crippen molar-refractivity contribution in [2.75, 3.05) is 6.54 Å². The van der Waals surface area contributed by atoms with Crippen molar-refractivity contribution in [3.63, 3.8) is 0 Å². The molecule has 0 saturated heterocycles. The normalized spacial score (nSPS) is 18.9. The highest BCUT2D eigenvalue weighted by molar-refractivity contribution is 7.89. The highest BCUT2D eigenvalue weighted by Crippen LogP contribution is 2.46. The summed E-state index contributed by atoms with van der Waals surface area (Å²) in [6.45, 7) is 4.13. The van der Waals surface area contributed by atoms with Crippen LogP contribution in [0.3, 0.4) is 0 Å². The average Bonchev–Trinajstić information content (AvgIpc) is 3.63. The van der Waals surface area contributed by atoms with Crippen LogP contribution in [0.15, 0.2) is 46.8 Å². The first-order valence-electron chi connectivity index (χ1n) is 14.9. The maximum absolute atomic E-state index is 14.0. The van der Waals surface area contributed by atoms with E-state index in [2.05, 4.69) is 21.4 Å². The Hall–Kier alpha value is -3.58. The minimum atomic E-state index is -4.02. The fourth-order valence-corrected chi connectivity index (χ4v) is 9.12. The second kappa shape index (κ2) is 11.3. The van der Waals surface area contributed by atoms with Gasteiger partial charge >= 0.3 is 5.97 Å². The summed E-state index contributed by atoms with van der Waals surface area (Å²) in [5.41, 5.74) is 6.35. The van der Waals surface area contributed by atoms with Crippen LogP contribution in [0.25, 0.3) is 21.1 Å². The van der Waals surface area contributed by atoms with Gasteiger partial charge in [-0.3, -0.25) is 4.79 Å². The van der Waals surface area contributed by atoms with Gasteiger partial charge in [0.1, 0.15) is 16.5 Å². The van der Waals surface area contributed by atoms with Crippen molar-refractivity contribution in [2.24, 2.45) is 7.05 Å². The molecule has 1 aliphatic heterocycles. The van der Waals surface area contributed by atoms with Gasteiger partial charge in [0.15, 0.2) is 0 Å². The molecule has 0 bridgehead atoms. The number of hydrogen-bond acceptors (Lipinski definition) is 8. The first-order valence-corrected chi connectivity index (χ1v) is 17.6. The highest BCUT2D eigenvalue weighted by atomic mass is 35.5. The first kappa shape index (κ1) is 30.1. The molecule has 10 nitrogen and oxygen atoms in total. The van der Waals surface area contributed by atoms with Crippen molar-refractivity contribution in [3.8, 4) is 5.88 Å². The van der Waals surface area contributed by atoms with Crippen LogP contribution in [0, 0.1) is 6.92 Å². The maximum atomic E-state index is 14.0. The van der Waals surface area contributed by atoms with Crippen LogP contribution in [-0.2, 0) is 28.4 Å². The average molecular weight is 666 g/mol. The van der Waals surface area contributed by atoms with E-state index in [0.29, 0.717) is 12.3 Å². The molecule has 1 aliphatic carbocycles. The van der Waals surface area contributed by atoms with Crippen LogP contribution in [0.2, 0.25) is 5.02 Å². The molecule has 234 valence electrons. The number of fused-ring (bicyclic) bond motifs is 3. The van der Waals surface area contributed by atoms with Crippen LogP contribution in [0.5, 0.6) is 5.88 Å². The standard InChI is InChI=1S/C32H32ClN5O5S2/c1-4-23-16-38(45(41,42)27-11-22(33)14-34-32(27)43-23)15-21-10-20(9-19-7-8-44-31(19)21)25(13-28(39)40)24-12-26(18-5-6-18)30-29(17(24)2)35-36-37(30)3/h7-12,14,18,23,25H,4-6,13,15-16H2,1-3H3,(H,39,40)/t23-,25+/m1/s1. The van der Waals surface area contributed by atoms with Crippen molar-refractivity contribution < 1.29 is 23.1 Å². The maximum Gasteiger partial charge on any atom is 0.304 e. The van der Waals surface area contributed by atoms with E-state index in [0.717, 1.165) is 61.8 Å². The fraction of sp³-hybridized carbons (Fsp3) is 0.375. The van der Waals surface area contributed by atoms with E-state index in [9.17, 15) is 18.3 Å². The Morgan fingerprint density at radius 1 is 1.24 bits per heavy atom. The number of pyridine rings is 1. The fourth-order valence-electron chi connectivity index (χ4n) is 6.46. The predicted octanol–water partition coefficient (Wildman–Crippen LogP) is 6.39. The summed E-state index contributed by atoms with van der Waals surface area (Å²) in [6, 6.07) is 9.54. The zero-order valence-corrected chi connectivity index (χ0v) is 27.4. The lowest BCUT2D eigenvalue weighted by molar-refractivity contribution is -0.137. The topological polar surface area (TPSA) is 128 Å². The molecule has 13 heteroatoms. The highest BCUT2D eigenvalue weighted by Gasteiger charge is 2.36. The number of aliphatic carboxylic acids is 1. The molecular weight excluding hydrogens is 634 g/mol. The molecule has 1 saturated carbocycles. The third-order valence-corrected chi connectivity index (χ3v) is 11.9. The van der Waals surface area contributed by atoms with Crippen LogP contribution in [0.4, 0.5) is 0 Å². The third kappa shape index (κ3) is 5.37. The van der Waals surface area contributed by atoms with Crippen molar-refractivity contribution >= 4 is 60.0 Å². The summed E-state index contributed by atoms with van der Waals surface area (Å²) in [5.74, 6) is -0.952. The van der Waals surface area contributed by atoms with E-state index < -0.39 is 28.0 Å². The number of carbonyl (C=O) groups is 1. The molecule has 1 N–H and O–H groups in total. The minimum absolute atomic E-state index is 0.0478. The third-order valence-electron chi connectivity index (χ3n) is 8.91. The van der Waals surface area contributed by atoms with Gasteiger partial charge in [-0.25, -0.2) is 18.1 Å². The molecule has 2 aromatic carbocycles. The summed E-state index contributed by atoms with van der Waals surface area (Å²) in [4.78, 5) is 16.5. The Kier molecular flexibility index (Phi) is 7.58. The second-order valence-corrected chi connectivity index (χ2v) is 15.2. The number of carboxylic acid groups (broad SMARTS) is 1. The summed E-state index contributed by atoms with van der Waals surface area (Å²) in [7, 11) is -2.13. The van der Waals surface area contributed by atoms with E-state index in [1.54, 1.807) is 4.68 Å². The van der Waals surface area contributed by atoms with Gasteiger partial charge in [-0.1, -0.05) is 35.9 Å². The molecule has 1 fully saturated rings. The Bertz CT molecular complexity index is 2090. The number of thiophene rings is 1. The molecule has 0 amide bonds. The van der Waals surface area contributed by atoms with Gasteiger partial charge in [0.05, 0.1) is 23.5 Å². The summed E-state index contributed by atoms with van der Waals surface area (Å²) in [6.07, 6.45) is 3.59. The molecule has 5 aromatic rings. The van der Waals surface area contributed by atoms with E-state index in [1.807, 2.05) is 44.5 Å². The lowest BCUT2D eigenvalue weighted by Crippen LogP contribution is -2.36. The smallest absolute Gasteiger partial charge is 0.304 e. The monoisotopic (exact) mass is 665 g/mol. The Morgan fingerprint density at radius 3 is 2.78 bits per heavy atom. The molecule has 7 rings (SSSR count). The number of aryl methyl sites for hydroxylation is 2. The van der Waals surface area contributed by atoms with Crippen molar-refractivity contribution in [1.29, 1.82) is 0 Å². The Labute approximate surface area is 269 Å². The van der Waals surface area contributed by atoms with E-state index >= 15 is 0 Å². The number of hydrogen-bond donors (Lipinski definition) is 1. The summed E-state index contributed by atoms with van der Waals surface area (Å²) in [5, 5.41) is 22.0. The number of benzene rings is 2. The Morgan fingerprint density at radius 2 is 2.04 bits per heavy atom. The van der Waals surface area contributed by atoms with Gasteiger partial charge < -0.3 is 9.84 Å². The predicted molar refractivity (Wildman–Crippen MR) is 173 cm³/mol. The van der Waals surface area contributed by atoms with Gasteiger partial charge in [0.25, 0.3) is 0 Å². The molecule has 45 heavy (non-hydrogen) atoms. The van der Waals surface area contributed by atoms with Crippen LogP contribution >= 0.6 is 22.9 Å².